The first-order valence-corrected chi connectivity index (χ1v) is 6.17. The zero-order valence-corrected chi connectivity index (χ0v) is 11.0. The largest absolute Gasteiger partial charge is 0.476 e. The monoisotopic (exact) mass is 287 g/mol. The number of ether oxygens (including phenoxy) is 1. The summed E-state index contributed by atoms with van der Waals surface area (Å²) in [6.45, 7) is 0.352. The molecule has 0 aliphatic rings. The number of hydrogen-bond acceptors (Lipinski definition) is 5. The van der Waals surface area contributed by atoms with E-state index in [2.05, 4.69) is 15.3 Å². The fourth-order valence-electron chi connectivity index (χ4n) is 1.64. The Labute approximate surface area is 120 Å². The molecule has 21 heavy (non-hydrogen) atoms. The molecule has 2 rings (SSSR count). The van der Waals surface area contributed by atoms with Gasteiger partial charge in [0.25, 0.3) is 0 Å². The van der Waals surface area contributed by atoms with Crippen LogP contribution >= 0.6 is 0 Å². The molecule has 0 saturated heterocycles. The van der Waals surface area contributed by atoms with Crippen LogP contribution in [0, 0.1) is 0 Å². The van der Waals surface area contributed by atoms with Crippen molar-refractivity contribution in [3.05, 3.63) is 42.2 Å². The maximum absolute atomic E-state index is 10.7. The van der Waals surface area contributed by atoms with Gasteiger partial charge in [0.1, 0.15) is 12.3 Å². The van der Waals surface area contributed by atoms with Crippen molar-refractivity contribution >= 4 is 12.4 Å². The molecule has 7 heteroatoms. The summed E-state index contributed by atoms with van der Waals surface area (Å²) in [4.78, 5) is 29.2. The number of amides is 1. The minimum Gasteiger partial charge on any atom is -0.476 e. The lowest BCUT2D eigenvalue weighted by Crippen LogP contribution is -2.26. The Morgan fingerprint density at radius 2 is 2.24 bits per heavy atom. The Bertz CT molecular complexity index is 646. The van der Waals surface area contributed by atoms with E-state index in [4.69, 9.17) is 9.84 Å². The van der Waals surface area contributed by atoms with Crippen LogP contribution in [0.5, 0.6) is 5.88 Å². The molecule has 0 aromatic carbocycles. The summed E-state index contributed by atoms with van der Waals surface area (Å²) < 4.78 is 5.35. The highest BCUT2D eigenvalue weighted by molar-refractivity contribution is 5.75. The number of nitrogens with one attached hydrogen (secondary N) is 1. The van der Waals surface area contributed by atoms with Crippen LogP contribution < -0.4 is 10.1 Å². The van der Waals surface area contributed by atoms with E-state index < -0.39 is 6.09 Å². The number of nitrogens with zero attached hydrogens (tertiary/aromatic N) is 2. The molecule has 2 aromatic heterocycles. The highest BCUT2D eigenvalue weighted by Gasteiger charge is 2.04. The number of carbonyl (C=O) groups excluding carboxylic acids is 1. The fourth-order valence-corrected chi connectivity index (χ4v) is 1.64. The van der Waals surface area contributed by atoms with Gasteiger partial charge in [0.2, 0.25) is 5.88 Å². The van der Waals surface area contributed by atoms with Crippen molar-refractivity contribution in [3.8, 4) is 17.1 Å². The Hall–Kier alpha value is -2.96. The molecule has 0 spiro atoms. The Morgan fingerprint density at radius 3 is 3.00 bits per heavy atom. The van der Waals surface area contributed by atoms with Crippen molar-refractivity contribution < 1.29 is 19.4 Å². The lowest BCUT2D eigenvalue weighted by atomic mass is 10.1. The van der Waals surface area contributed by atoms with Crippen molar-refractivity contribution in [1.29, 1.82) is 0 Å². The van der Waals surface area contributed by atoms with E-state index >= 15 is 0 Å². The summed E-state index contributed by atoms with van der Waals surface area (Å²) in [5.74, 6) is 0.379. The average molecular weight is 287 g/mol. The van der Waals surface area contributed by atoms with Crippen molar-refractivity contribution in [2.75, 3.05) is 13.2 Å². The average Bonchev–Trinajstić information content (AvgIpc) is 2.52. The highest BCUT2D eigenvalue weighted by Crippen LogP contribution is 2.19. The molecule has 1 amide bonds. The number of carboxylic acid groups (broad SMARTS) is 1. The van der Waals surface area contributed by atoms with E-state index in [0.717, 1.165) is 5.56 Å². The summed E-state index contributed by atoms with van der Waals surface area (Å²) in [7, 11) is 0. The predicted octanol–water partition coefficient (Wildman–Crippen LogP) is 1.60. The molecule has 0 radical (unpaired) electrons. The van der Waals surface area contributed by atoms with E-state index in [-0.39, 0.29) is 13.2 Å². The highest BCUT2D eigenvalue weighted by atomic mass is 16.5. The van der Waals surface area contributed by atoms with Gasteiger partial charge in [0, 0.05) is 17.8 Å². The van der Waals surface area contributed by atoms with Gasteiger partial charge in [-0.25, -0.2) is 9.78 Å². The second-order valence-corrected chi connectivity index (χ2v) is 4.03. The molecule has 7 nitrogen and oxygen atoms in total. The third kappa shape index (κ3) is 4.27. The molecule has 2 N–H and O–H groups in total. The smallest absolute Gasteiger partial charge is 0.404 e. The Morgan fingerprint density at radius 1 is 1.38 bits per heavy atom. The second kappa shape index (κ2) is 6.99. The van der Waals surface area contributed by atoms with E-state index in [1.165, 1.54) is 6.20 Å². The minimum atomic E-state index is -1.10. The molecular formula is C14H13N3O4. The van der Waals surface area contributed by atoms with Crippen molar-refractivity contribution in [2.45, 2.75) is 0 Å². The summed E-state index contributed by atoms with van der Waals surface area (Å²) in [5.41, 5.74) is 1.72. The van der Waals surface area contributed by atoms with Crippen LogP contribution in [0.4, 0.5) is 4.79 Å². The molecule has 0 bridgehead atoms. The van der Waals surface area contributed by atoms with E-state index in [9.17, 15) is 9.59 Å². The van der Waals surface area contributed by atoms with E-state index in [1.807, 2.05) is 0 Å². The molecule has 108 valence electrons. The standard InChI is InChI=1S/C14H13N3O4/c18-9-11-8-10(4-5-15-11)12-2-1-3-13(17-12)21-7-6-16-14(19)20/h1-5,8-9,16H,6-7H2,(H,19,20). The second-order valence-electron chi connectivity index (χ2n) is 4.03. The maximum atomic E-state index is 10.7. The van der Waals surface area contributed by atoms with Crippen LogP contribution in [-0.2, 0) is 0 Å². The van der Waals surface area contributed by atoms with Crippen molar-refractivity contribution in [2.24, 2.45) is 0 Å². The van der Waals surface area contributed by atoms with E-state index in [0.29, 0.717) is 23.6 Å². The first-order chi connectivity index (χ1) is 10.2. The molecule has 0 aliphatic heterocycles. The van der Waals surface area contributed by atoms with Crippen LogP contribution in [0.1, 0.15) is 10.5 Å². The van der Waals surface area contributed by atoms with Gasteiger partial charge in [-0.05, 0) is 18.2 Å². The molecule has 0 atom stereocenters. The molecule has 0 fully saturated rings. The van der Waals surface area contributed by atoms with Gasteiger partial charge >= 0.3 is 6.09 Å². The molecule has 0 aliphatic carbocycles. The first-order valence-electron chi connectivity index (χ1n) is 6.17. The molecule has 2 heterocycles. The predicted molar refractivity (Wildman–Crippen MR) is 74.4 cm³/mol. The van der Waals surface area contributed by atoms with Gasteiger partial charge in [0.05, 0.1) is 12.2 Å². The van der Waals surface area contributed by atoms with Gasteiger partial charge in [-0.3, -0.25) is 9.78 Å². The quantitative estimate of drug-likeness (QED) is 0.618. The fraction of sp³-hybridized carbons (Fsp3) is 0.143. The third-order valence-corrected chi connectivity index (χ3v) is 2.55. The van der Waals surface area contributed by atoms with Gasteiger partial charge in [-0.1, -0.05) is 6.07 Å². The maximum Gasteiger partial charge on any atom is 0.404 e. The number of pyridine rings is 2. The van der Waals surface area contributed by atoms with Crippen LogP contribution in [-0.4, -0.2) is 40.6 Å². The number of aromatic nitrogens is 2. The van der Waals surface area contributed by atoms with Crippen LogP contribution in [0.15, 0.2) is 36.5 Å². The lowest BCUT2D eigenvalue weighted by Gasteiger charge is -2.07. The number of carbonyl (C=O) groups is 2. The van der Waals surface area contributed by atoms with Crippen molar-refractivity contribution in [3.63, 3.8) is 0 Å². The topological polar surface area (TPSA) is 101 Å². The summed E-state index contributed by atoms with van der Waals surface area (Å²) in [5, 5.41) is 10.6. The summed E-state index contributed by atoms with van der Waals surface area (Å²) in [6, 6.07) is 8.60. The molecule has 2 aromatic rings. The van der Waals surface area contributed by atoms with Gasteiger partial charge in [0.15, 0.2) is 6.29 Å². The summed E-state index contributed by atoms with van der Waals surface area (Å²) >= 11 is 0. The number of hydrogen-bond donors (Lipinski definition) is 2. The van der Waals surface area contributed by atoms with Crippen molar-refractivity contribution in [1.82, 2.24) is 15.3 Å². The SMILES string of the molecule is O=Cc1cc(-c2cccc(OCCNC(=O)O)n2)ccn1. The van der Waals surface area contributed by atoms with Gasteiger partial charge in [-0.2, -0.15) is 0 Å². The van der Waals surface area contributed by atoms with E-state index in [1.54, 1.807) is 30.3 Å². The van der Waals surface area contributed by atoms with Gasteiger partial charge in [-0.15, -0.1) is 0 Å². The molecular weight excluding hydrogens is 274 g/mol. The third-order valence-electron chi connectivity index (χ3n) is 2.55. The van der Waals surface area contributed by atoms with Crippen LogP contribution in [0.2, 0.25) is 0 Å². The zero-order chi connectivity index (χ0) is 15.1. The Balaban J connectivity index is 2.06. The number of rotatable bonds is 6. The first kappa shape index (κ1) is 14.4. The normalized spacial score (nSPS) is 9.90. The molecule has 0 saturated carbocycles. The van der Waals surface area contributed by atoms with Crippen LogP contribution in [0.3, 0.4) is 0 Å². The minimum absolute atomic E-state index is 0.172. The Kier molecular flexibility index (Phi) is 4.81. The molecule has 0 unspecified atom stereocenters. The zero-order valence-electron chi connectivity index (χ0n) is 11.0. The lowest BCUT2D eigenvalue weighted by molar-refractivity contribution is 0.111. The summed E-state index contributed by atoms with van der Waals surface area (Å²) in [6.07, 6.45) is 1.10. The number of aldehydes is 1. The van der Waals surface area contributed by atoms with Gasteiger partial charge < -0.3 is 15.2 Å². The van der Waals surface area contributed by atoms with Crippen LogP contribution in [0.25, 0.3) is 11.3 Å².